The fourth-order valence-corrected chi connectivity index (χ4v) is 0.845. The maximum atomic E-state index is 10.5. The first-order chi connectivity index (χ1) is 6.06. The molecular formula is C9H20N3O. The molecule has 0 heterocycles. The second kappa shape index (κ2) is 6.86. The molecule has 0 aliphatic carbocycles. The van der Waals surface area contributed by atoms with Crippen molar-refractivity contribution in [1.29, 1.82) is 0 Å². The molecule has 0 bridgehead atoms. The van der Waals surface area contributed by atoms with Crippen LogP contribution in [-0.4, -0.2) is 75.5 Å². The third-order valence-electron chi connectivity index (χ3n) is 1.76. The van der Waals surface area contributed by atoms with Crippen molar-refractivity contribution in [3.8, 4) is 0 Å². The van der Waals surface area contributed by atoms with Gasteiger partial charge in [0.25, 0.3) is 0 Å². The van der Waals surface area contributed by atoms with Crippen LogP contribution in [0.1, 0.15) is 0 Å². The summed E-state index contributed by atoms with van der Waals surface area (Å²) in [7, 11) is 7.98. The van der Waals surface area contributed by atoms with E-state index in [-0.39, 0.29) is 0 Å². The number of hydrogen-bond acceptors (Lipinski definition) is 3. The summed E-state index contributed by atoms with van der Waals surface area (Å²) in [5, 5.41) is 0. The van der Waals surface area contributed by atoms with Gasteiger partial charge in [-0.15, -0.1) is 0 Å². The van der Waals surface area contributed by atoms with Crippen LogP contribution in [0.15, 0.2) is 0 Å². The van der Waals surface area contributed by atoms with Gasteiger partial charge in [0.15, 0.2) is 0 Å². The van der Waals surface area contributed by atoms with Crippen LogP contribution < -0.4 is 0 Å². The van der Waals surface area contributed by atoms with Gasteiger partial charge in [0.2, 0.25) is 0 Å². The van der Waals surface area contributed by atoms with Crippen LogP contribution >= 0.6 is 0 Å². The van der Waals surface area contributed by atoms with Crippen LogP contribution in [0, 0.1) is 0 Å². The molecule has 0 unspecified atom stereocenters. The van der Waals surface area contributed by atoms with E-state index in [2.05, 4.69) is 9.80 Å². The zero-order chi connectivity index (χ0) is 10.3. The van der Waals surface area contributed by atoms with Crippen LogP contribution in [0.4, 0.5) is 0 Å². The highest BCUT2D eigenvalue weighted by Gasteiger charge is 2.03. The second-order valence-corrected chi connectivity index (χ2v) is 3.68. The van der Waals surface area contributed by atoms with Gasteiger partial charge in [-0.25, -0.2) is 0 Å². The lowest BCUT2D eigenvalue weighted by atomic mass is 10.4. The fourth-order valence-electron chi connectivity index (χ4n) is 0.845. The highest BCUT2D eigenvalue weighted by molar-refractivity contribution is 5.47. The van der Waals surface area contributed by atoms with Crippen molar-refractivity contribution < 1.29 is 4.79 Å². The van der Waals surface area contributed by atoms with Gasteiger partial charge in [0.05, 0.1) is 0 Å². The smallest absolute Gasteiger partial charge is 0.312 e. The van der Waals surface area contributed by atoms with Crippen LogP contribution in [-0.2, 0) is 4.79 Å². The Balaban J connectivity index is 3.57. The van der Waals surface area contributed by atoms with E-state index in [4.69, 9.17) is 0 Å². The Kier molecular flexibility index (Phi) is 6.54. The van der Waals surface area contributed by atoms with Crippen molar-refractivity contribution in [2.24, 2.45) is 0 Å². The Morgan fingerprint density at radius 1 is 0.846 bits per heavy atom. The van der Waals surface area contributed by atoms with Gasteiger partial charge in [0, 0.05) is 26.2 Å². The lowest BCUT2D eigenvalue weighted by molar-refractivity contribution is 0.286. The third kappa shape index (κ3) is 7.74. The topological polar surface area (TPSA) is 26.8 Å². The minimum atomic E-state index is 0.754. The van der Waals surface area contributed by atoms with E-state index in [0.717, 1.165) is 26.2 Å². The summed E-state index contributed by atoms with van der Waals surface area (Å²) in [6, 6.07) is 0. The predicted octanol–water partition coefficient (Wildman–Crippen LogP) is -0.521. The number of nitrogens with zero attached hydrogens (tertiary/aromatic N) is 3. The molecule has 4 nitrogen and oxygen atoms in total. The quantitative estimate of drug-likeness (QED) is 0.501. The Hall–Kier alpha value is -0.610. The molecule has 13 heavy (non-hydrogen) atoms. The van der Waals surface area contributed by atoms with Crippen LogP contribution in [0.25, 0.3) is 0 Å². The summed E-state index contributed by atoms with van der Waals surface area (Å²) >= 11 is 0. The van der Waals surface area contributed by atoms with E-state index in [9.17, 15) is 4.79 Å². The van der Waals surface area contributed by atoms with Crippen LogP contribution in [0.5, 0.6) is 0 Å². The highest BCUT2D eigenvalue weighted by atomic mass is 16.1. The number of rotatable bonds is 7. The molecular weight excluding hydrogens is 166 g/mol. The Labute approximate surface area is 81.1 Å². The number of carbonyl (C=O) groups excluding carboxylic acids is 1. The van der Waals surface area contributed by atoms with Crippen molar-refractivity contribution >= 4 is 6.41 Å². The first-order valence-electron chi connectivity index (χ1n) is 4.48. The standard InChI is InChI=1S/C9H20N3O/c1-10(2)5-7-12(9-13)8-6-11(3)4/h5-8H2,1-4H3. The Morgan fingerprint density at radius 3 is 1.46 bits per heavy atom. The molecule has 0 fully saturated rings. The Bertz CT molecular complexity index is 125. The molecule has 0 saturated carbocycles. The van der Waals surface area contributed by atoms with Crippen molar-refractivity contribution in [3.63, 3.8) is 0 Å². The molecule has 0 saturated heterocycles. The number of hydrogen-bond donors (Lipinski definition) is 0. The molecule has 4 heteroatoms. The molecule has 0 aromatic heterocycles. The zero-order valence-electron chi connectivity index (χ0n) is 9.08. The minimum Gasteiger partial charge on any atom is -0.332 e. The monoisotopic (exact) mass is 186 g/mol. The van der Waals surface area contributed by atoms with Crippen LogP contribution in [0.3, 0.4) is 0 Å². The summed E-state index contributed by atoms with van der Waals surface area (Å²) in [5.41, 5.74) is 0. The number of likely N-dealkylation sites (N-methyl/N-ethyl adjacent to an activating group) is 2. The molecule has 0 aliphatic rings. The van der Waals surface area contributed by atoms with Gasteiger partial charge in [-0.1, -0.05) is 0 Å². The maximum absolute atomic E-state index is 10.5. The molecule has 0 atom stereocenters. The van der Waals surface area contributed by atoms with E-state index in [0.29, 0.717) is 0 Å². The highest BCUT2D eigenvalue weighted by Crippen LogP contribution is 1.86. The van der Waals surface area contributed by atoms with E-state index >= 15 is 0 Å². The minimum absolute atomic E-state index is 0.754. The lowest BCUT2D eigenvalue weighted by Crippen LogP contribution is -2.35. The third-order valence-corrected chi connectivity index (χ3v) is 1.76. The van der Waals surface area contributed by atoms with Gasteiger partial charge < -0.3 is 14.7 Å². The first kappa shape index (κ1) is 12.4. The van der Waals surface area contributed by atoms with Crippen molar-refractivity contribution in [3.05, 3.63) is 0 Å². The molecule has 0 N–H and O–H groups in total. The molecule has 77 valence electrons. The normalized spacial score (nSPS) is 10.9. The molecule has 1 amide bonds. The molecule has 0 aromatic rings. The van der Waals surface area contributed by atoms with Crippen molar-refractivity contribution in [2.75, 3.05) is 54.4 Å². The van der Waals surface area contributed by atoms with Gasteiger partial charge >= 0.3 is 6.41 Å². The molecule has 0 spiro atoms. The summed E-state index contributed by atoms with van der Waals surface area (Å²) in [6.07, 6.45) is 1.94. The molecule has 0 rings (SSSR count). The zero-order valence-corrected chi connectivity index (χ0v) is 9.08. The molecule has 0 aliphatic heterocycles. The van der Waals surface area contributed by atoms with E-state index in [1.54, 1.807) is 4.90 Å². The van der Waals surface area contributed by atoms with Gasteiger partial charge in [0.1, 0.15) is 0 Å². The average Bonchev–Trinajstić information content (AvgIpc) is 2.04. The van der Waals surface area contributed by atoms with E-state index in [1.165, 1.54) is 0 Å². The molecule has 0 aromatic carbocycles. The summed E-state index contributed by atoms with van der Waals surface area (Å²) in [6.45, 7) is 3.29. The predicted molar refractivity (Wildman–Crippen MR) is 54.4 cm³/mol. The lowest BCUT2D eigenvalue weighted by Gasteiger charge is -2.20. The van der Waals surface area contributed by atoms with Gasteiger partial charge in [-0.2, -0.15) is 0 Å². The van der Waals surface area contributed by atoms with Crippen molar-refractivity contribution in [2.45, 2.75) is 0 Å². The van der Waals surface area contributed by atoms with Gasteiger partial charge in [-0.3, -0.25) is 4.79 Å². The SMILES string of the molecule is CN(C)CCN([C]=O)CCN(C)C. The van der Waals surface area contributed by atoms with Crippen LogP contribution in [0.2, 0.25) is 0 Å². The fraction of sp³-hybridized carbons (Fsp3) is 0.889. The maximum Gasteiger partial charge on any atom is 0.312 e. The Morgan fingerprint density at radius 2 is 1.23 bits per heavy atom. The van der Waals surface area contributed by atoms with E-state index < -0.39 is 0 Å². The van der Waals surface area contributed by atoms with Gasteiger partial charge in [-0.05, 0) is 28.2 Å². The summed E-state index contributed by atoms with van der Waals surface area (Å²) < 4.78 is 0. The molecule has 1 radical (unpaired) electrons. The largest absolute Gasteiger partial charge is 0.332 e. The number of amides is 1. The second-order valence-electron chi connectivity index (χ2n) is 3.68. The summed E-state index contributed by atoms with van der Waals surface area (Å²) in [5.74, 6) is 0. The van der Waals surface area contributed by atoms with Crippen molar-refractivity contribution in [1.82, 2.24) is 14.7 Å². The van der Waals surface area contributed by atoms with E-state index in [1.807, 2.05) is 34.6 Å². The summed E-state index contributed by atoms with van der Waals surface area (Å²) in [4.78, 5) is 16.3. The average molecular weight is 186 g/mol. The first-order valence-corrected chi connectivity index (χ1v) is 4.48.